The number of para-hydroxylation sites is 1. The van der Waals surface area contributed by atoms with E-state index in [1.54, 1.807) is 6.20 Å². The molecule has 0 aliphatic heterocycles. The maximum Gasteiger partial charge on any atom is 0.304 e. The van der Waals surface area contributed by atoms with Crippen molar-refractivity contribution in [1.29, 1.82) is 0 Å². The van der Waals surface area contributed by atoms with Gasteiger partial charge in [0.15, 0.2) is 0 Å². The van der Waals surface area contributed by atoms with Gasteiger partial charge in [-0.3, -0.25) is 9.78 Å². The van der Waals surface area contributed by atoms with E-state index in [2.05, 4.69) is 4.98 Å². The van der Waals surface area contributed by atoms with Crippen LogP contribution in [-0.2, 0) is 10.2 Å². The highest BCUT2D eigenvalue weighted by atomic mass is 16.4. The van der Waals surface area contributed by atoms with Crippen LogP contribution in [0.3, 0.4) is 0 Å². The Morgan fingerprint density at radius 3 is 2.76 bits per heavy atom. The second-order valence-electron chi connectivity index (χ2n) is 4.73. The summed E-state index contributed by atoms with van der Waals surface area (Å²) in [7, 11) is 0. The van der Waals surface area contributed by atoms with Gasteiger partial charge in [0, 0.05) is 17.0 Å². The van der Waals surface area contributed by atoms with Crippen LogP contribution in [-0.4, -0.2) is 16.1 Å². The molecule has 3 nitrogen and oxygen atoms in total. The number of hydrogen-bond donors (Lipinski definition) is 1. The molecular formula is C14H13NO2. The van der Waals surface area contributed by atoms with Gasteiger partial charge in [-0.15, -0.1) is 0 Å². The van der Waals surface area contributed by atoms with Crippen LogP contribution in [0, 0.1) is 0 Å². The maximum atomic E-state index is 10.9. The number of carboxylic acids is 1. The van der Waals surface area contributed by atoms with Gasteiger partial charge in [0.2, 0.25) is 0 Å². The lowest BCUT2D eigenvalue weighted by Gasteiger charge is -2.15. The molecule has 1 heterocycles. The number of aromatic nitrogens is 1. The molecule has 1 fully saturated rings. The zero-order valence-corrected chi connectivity index (χ0v) is 9.39. The number of carbonyl (C=O) groups is 1. The second kappa shape index (κ2) is 3.55. The van der Waals surface area contributed by atoms with Crippen molar-refractivity contribution in [3.63, 3.8) is 0 Å². The van der Waals surface area contributed by atoms with Crippen LogP contribution in [0.5, 0.6) is 0 Å². The van der Waals surface area contributed by atoms with Gasteiger partial charge in [-0.25, -0.2) is 0 Å². The van der Waals surface area contributed by atoms with Crippen LogP contribution in [0.4, 0.5) is 0 Å². The summed E-state index contributed by atoms with van der Waals surface area (Å²) in [5.41, 5.74) is 1.95. The topological polar surface area (TPSA) is 50.2 Å². The number of pyridine rings is 1. The standard InChI is InChI=1S/C14H13NO2/c16-13(17)9-14(6-7-14)11-5-8-15-12-4-2-1-3-10(11)12/h1-5,8H,6-7,9H2,(H,16,17). The van der Waals surface area contributed by atoms with Crippen molar-refractivity contribution in [3.8, 4) is 0 Å². The minimum absolute atomic E-state index is 0.144. The van der Waals surface area contributed by atoms with Crippen molar-refractivity contribution < 1.29 is 9.90 Å². The molecule has 0 amide bonds. The van der Waals surface area contributed by atoms with Crippen molar-refractivity contribution in [2.45, 2.75) is 24.7 Å². The van der Waals surface area contributed by atoms with Crippen LogP contribution in [0.25, 0.3) is 10.9 Å². The predicted octanol–water partition coefficient (Wildman–Crippen LogP) is 2.74. The number of benzene rings is 1. The Morgan fingerprint density at radius 1 is 1.29 bits per heavy atom. The smallest absolute Gasteiger partial charge is 0.304 e. The molecule has 0 spiro atoms. The van der Waals surface area contributed by atoms with Gasteiger partial charge in [-0.1, -0.05) is 18.2 Å². The first-order chi connectivity index (χ1) is 8.21. The summed E-state index contributed by atoms with van der Waals surface area (Å²) in [6.07, 6.45) is 3.93. The van der Waals surface area contributed by atoms with Crippen molar-refractivity contribution >= 4 is 16.9 Å². The molecule has 17 heavy (non-hydrogen) atoms. The molecule has 0 radical (unpaired) electrons. The highest BCUT2D eigenvalue weighted by molar-refractivity contribution is 5.84. The van der Waals surface area contributed by atoms with E-state index in [0.29, 0.717) is 0 Å². The molecule has 1 N–H and O–H groups in total. The lowest BCUT2D eigenvalue weighted by Crippen LogP contribution is -2.13. The van der Waals surface area contributed by atoms with E-state index in [9.17, 15) is 4.79 Å². The number of aliphatic carboxylic acids is 1. The lowest BCUT2D eigenvalue weighted by molar-refractivity contribution is -0.137. The molecular weight excluding hydrogens is 214 g/mol. The molecule has 1 saturated carbocycles. The number of nitrogens with zero attached hydrogens (tertiary/aromatic N) is 1. The maximum absolute atomic E-state index is 10.9. The van der Waals surface area contributed by atoms with E-state index in [4.69, 9.17) is 5.11 Å². The molecule has 0 bridgehead atoms. The normalized spacial score (nSPS) is 16.9. The minimum Gasteiger partial charge on any atom is -0.481 e. The van der Waals surface area contributed by atoms with E-state index in [1.807, 2.05) is 30.3 Å². The lowest BCUT2D eigenvalue weighted by atomic mass is 9.90. The summed E-state index contributed by atoms with van der Waals surface area (Å²) in [5, 5.41) is 10.1. The summed E-state index contributed by atoms with van der Waals surface area (Å²) in [6, 6.07) is 9.90. The number of carboxylic acid groups (broad SMARTS) is 1. The van der Waals surface area contributed by atoms with Crippen molar-refractivity contribution in [1.82, 2.24) is 4.98 Å². The zero-order chi connectivity index (χ0) is 11.9. The first-order valence-corrected chi connectivity index (χ1v) is 5.77. The number of fused-ring (bicyclic) bond motifs is 1. The van der Waals surface area contributed by atoms with Crippen LogP contribution >= 0.6 is 0 Å². The summed E-state index contributed by atoms with van der Waals surface area (Å²) in [5.74, 6) is -0.719. The average molecular weight is 227 g/mol. The van der Waals surface area contributed by atoms with Gasteiger partial charge in [-0.2, -0.15) is 0 Å². The fourth-order valence-corrected chi connectivity index (χ4v) is 2.54. The number of rotatable bonds is 3. The van der Waals surface area contributed by atoms with Gasteiger partial charge in [0.25, 0.3) is 0 Å². The van der Waals surface area contributed by atoms with Crippen LogP contribution in [0.2, 0.25) is 0 Å². The van der Waals surface area contributed by atoms with Crippen molar-refractivity contribution in [3.05, 3.63) is 42.1 Å². The predicted molar refractivity (Wildman–Crippen MR) is 64.9 cm³/mol. The number of hydrogen-bond acceptors (Lipinski definition) is 2. The Labute approximate surface area is 99.1 Å². The quantitative estimate of drug-likeness (QED) is 0.877. The SMILES string of the molecule is O=C(O)CC1(c2ccnc3ccccc23)CC1. The minimum atomic E-state index is -0.719. The van der Waals surface area contributed by atoms with Gasteiger partial charge < -0.3 is 5.11 Å². The molecule has 0 unspecified atom stereocenters. The molecule has 3 rings (SSSR count). The molecule has 0 saturated heterocycles. The van der Waals surface area contributed by atoms with Crippen molar-refractivity contribution in [2.75, 3.05) is 0 Å². The van der Waals surface area contributed by atoms with Gasteiger partial charge >= 0.3 is 5.97 Å². The molecule has 1 aliphatic rings. The zero-order valence-electron chi connectivity index (χ0n) is 9.39. The Morgan fingerprint density at radius 2 is 2.06 bits per heavy atom. The van der Waals surface area contributed by atoms with E-state index < -0.39 is 5.97 Å². The summed E-state index contributed by atoms with van der Waals surface area (Å²) in [6.45, 7) is 0. The van der Waals surface area contributed by atoms with Crippen LogP contribution in [0.15, 0.2) is 36.5 Å². The largest absolute Gasteiger partial charge is 0.481 e. The fraction of sp³-hybridized carbons (Fsp3) is 0.286. The first kappa shape index (κ1) is 10.3. The third-order valence-corrected chi connectivity index (χ3v) is 3.56. The second-order valence-corrected chi connectivity index (χ2v) is 4.73. The summed E-state index contributed by atoms with van der Waals surface area (Å²) in [4.78, 5) is 15.3. The van der Waals surface area contributed by atoms with Gasteiger partial charge in [0.05, 0.1) is 11.9 Å². The molecule has 3 heteroatoms. The summed E-state index contributed by atoms with van der Waals surface area (Å²) < 4.78 is 0. The Bertz CT molecular complexity index is 582. The fourth-order valence-electron chi connectivity index (χ4n) is 2.54. The molecule has 86 valence electrons. The van der Waals surface area contributed by atoms with Crippen LogP contribution < -0.4 is 0 Å². The monoisotopic (exact) mass is 227 g/mol. The molecule has 2 aromatic rings. The third kappa shape index (κ3) is 1.68. The summed E-state index contributed by atoms with van der Waals surface area (Å²) >= 11 is 0. The first-order valence-electron chi connectivity index (χ1n) is 5.77. The molecule has 1 aromatic carbocycles. The van der Waals surface area contributed by atoms with E-state index in [1.165, 1.54) is 0 Å². The Balaban J connectivity index is 2.15. The molecule has 1 aromatic heterocycles. The molecule has 1 aliphatic carbocycles. The van der Waals surface area contributed by atoms with Gasteiger partial charge in [0.1, 0.15) is 0 Å². The highest BCUT2D eigenvalue weighted by Crippen LogP contribution is 2.52. The third-order valence-electron chi connectivity index (χ3n) is 3.56. The van der Waals surface area contributed by atoms with Crippen molar-refractivity contribution in [2.24, 2.45) is 0 Å². The van der Waals surface area contributed by atoms with E-state index in [0.717, 1.165) is 29.3 Å². The van der Waals surface area contributed by atoms with Gasteiger partial charge in [-0.05, 0) is 30.5 Å². The Kier molecular flexibility index (Phi) is 2.15. The Hall–Kier alpha value is -1.90. The van der Waals surface area contributed by atoms with E-state index in [-0.39, 0.29) is 11.8 Å². The molecule has 0 atom stereocenters. The van der Waals surface area contributed by atoms with E-state index >= 15 is 0 Å². The van der Waals surface area contributed by atoms with Crippen LogP contribution in [0.1, 0.15) is 24.8 Å². The highest BCUT2D eigenvalue weighted by Gasteiger charge is 2.46. The average Bonchev–Trinajstić information content (AvgIpc) is 3.08.